The minimum atomic E-state index is -4.15. The van der Waals surface area contributed by atoms with Gasteiger partial charge in [0.2, 0.25) is 11.8 Å². The standard InChI is InChI=1S/C22H27F2N5O5S/c1-12(2)14-6-4-5-7-15(14)22(11-26-18(22)17(30)10-27-35(25,32)33)20(31)29-16-9-8-13(3)28-19(16)34-21(23)24/h4-9,12,18,21,26-27H,10-11H2,1-3H3,(H,29,31)(H2,25,32,33). The van der Waals surface area contributed by atoms with Gasteiger partial charge in [0.15, 0.2) is 5.78 Å². The monoisotopic (exact) mass is 511 g/mol. The maximum atomic E-state index is 13.8. The fourth-order valence-electron chi connectivity index (χ4n) is 4.10. The zero-order chi connectivity index (χ0) is 26.0. The number of carbonyl (C=O) groups excluding carboxylic acids is 2. The zero-order valence-electron chi connectivity index (χ0n) is 19.3. The highest BCUT2D eigenvalue weighted by atomic mass is 32.2. The summed E-state index contributed by atoms with van der Waals surface area (Å²) in [4.78, 5) is 30.7. The van der Waals surface area contributed by atoms with Crippen LogP contribution < -0.4 is 25.2 Å². The fourth-order valence-corrected chi connectivity index (χ4v) is 4.44. The Labute approximate surface area is 201 Å². The van der Waals surface area contributed by atoms with E-state index in [-0.39, 0.29) is 18.2 Å². The van der Waals surface area contributed by atoms with Crippen LogP contribution in [0.25, 0.3) is 0 Å². The molecular weight excluding hydrogens is 484 g/mol. The minimum absolute atomic E-state index is 0.0199. The maximum absolute atomic E-state index is 13.8. The Balaban J connectivity index is 2.05. The number of nitrogens with two attached hydrogens (primary N) is 1. The van der Waals surface area contributed by atoms with Gasteiger partial charge in [-0.15, -0.1) is 0 Å². The molecule has 1 fully saturated rings. The third-order valence-electron chi connectivity index (χ3n) is 5.76. The van der Waals surface area contributed by atoms with Gasteiger partial charge in [0, 0.05) is 12.2 Å². The molecule has 3 rings (SSSR count). The van der Waals surface area contributed by atoms with E-state index in [0.29, 0.717) is 11.3 Å². The second-order valence-corrected chi connectivity index (χ2v) is 9.88. The van der Waals surface area contributed by atoms with Gasteiger partial charge >= 0.3 is 6.61 Å². The lowest BCUT2D eigenvalue weighted by Gasteiger charge is -2.49. The van der Waals surface area contributed by atoms with E-state index in [1.807, 2.05) is 24.6 Å². The Kier molecular flexibility index (Phi) is 7.84. The topological polar surface area (TPSA) is 153 Å². The molecule has 10 nitrogen and oxygen atoms in total. The summed E-state index contributed by atoms with van der Waals surface area (Å²) in [5, 5.41) is 10.4. The molecule has 0 aliphatic carbocycles. The second-order valence-electron chi connectivity index (χ2n) is 8.50. The summed E-state index contributed by atoms with van der Waals surface area (Å²) in [5.74, 6) is -1.77. The number of alkyl halides is 2. The Morgan fingerprint density at radius 1 is 1.26 bits per heavy atom. The summed E-state index contributed by atoms with van der Waals surface area (Å²) in [7, 11) is -4.15. The third-order valence-corrected chi connectivity index (χ3v) is 6.31. The number of rotatable bonds is 10. The third kappa shape index (κ3) is 5.81. The summed E-state index contributed by atoms with van der Waals surface area (Å²) >= 11 is 0. The first kappa shape index (κ1) is 26.6. The number of hydrogen-bond donors (Lipinski definition) is 4. The van der Waals surface area contributed by atoms with E-state index in [2.05, 4.69) is 20.4 Å². The highest BCUT2D eigenvalue weighted by Crippen LogP contribution is 2.40. The van der Waals surface area contributed by atoms with Crippen LogP contribution in [0, 0.1) is 6.92 Å². The van der Waals surface area contributed by atoms with Crippen molar-refractivity contribution in [3.63, 3.8) is 0 Å². The quantitative estimate of drug-likeness (QED) is 0.375. The number of benzene rings is 1. The SMILES string of the molecule is Cc1ccc(NC(=O)C2(c3ccccc3C(C)C)CNC2C(=O)CNS(N)(=O)=O)c(OC(F)F)n1. The van der Waals surface area contributed by atoms with Crippen molar-refractivity contribution >= 4 is 27.6 Å². The van der Waals surface area contributed by atoms with Crippen molar-refractivity contribution in [3.8, 4) is 5.88 Å². The average molecular weight is 512 g/mol. The van der Waals surface area contributed by atoms with Crippen LogP contribution in [0.5, 0.6) is 5.88 Å². The van der Waals surface area contributed by atoms with E-state index in [1.54, 1.807) is 25.1 Å². The highest BCUT2D eigenvalue weighted by Gasteiger charge is 2.57. The molecule has 0 bridgehead atoms. The smallest absolute Gasteiger partial charge is 0.388 e. The number of pyridine rings is 1. The van der Waals surface area contributed by atoms with Gasteiger partial charge < -0.3 is 15.4 Å². The number of halogens is 2. The van der Waals surface area contributed by atoms with Crippen LogP contribution >= 0.6 is 0 Å². The van der Waals surface area contributed by atoms with E-state index in [1.165, 1.54) is 12.1 Å². The van der Waals surface area contributed by atoms with Gasteiger partial charge in [0.1, 0.15) is 11.1 Å². The van der Waals surface area contributed by atoms with Crippen LogP contribution in [0.2, 0.25) is 0 Å². The number of amides is 1. The fraction of sp³-hybridized carbons (Fsp3) is 0.409. The van der Waals surface area contributed by atoms with Crippen LogP contribution in [0.15, 0.2) is 36.4 Å². The summed E-state index contributed by atoms with van der Waals surface area (Å²) in [6.07, 6.45) is 0. The summed E-state index contributed by atoms with van der Waals surface area (Å²) in [5.41, 5.74) is 0.184. The lowest BCUT2D eigenvalue weighted by molar-refractivity contribution is -0.134. The predicted molar refractivity (Wildman–Crippen MR) is 124 cm³/mol. The van der Waals surface area contributed by atoms with Crippen LogP contribution in [0.3, 0.4) is 0 Å². The Morgan fingerprint density at radius 3 is 2.51 bits per heavy atom. The molecule has 1 aromatic carbocycles. The Bertz CT molecular complexity index is 1220. The van der Waals surface area contributed by atoms with E-state index in [4.69, 9.17) is 5.14 Å². The second kappa shape index (κ2) is 10.3. The van der Waals surface area contributed by atoms with Crippen molar-refractivity contribution in [1.29, 1.82) is 0 Å². The molecule has 190 valence electrons. The minimum Gasteiger partial charge on any atom is -0.415 e. The Hall–Kier alpha value is -3.00. The average Bonchev–Trinajstić information content (AvgIpc) is 2.73. The first-order valence-electron chi connectivity index (χ1n) is 10.7. The molecule has 0 radical (unpaired) electrons. The van der Waals surface area contributed by atoms with Crippen LogP contribution in [-0.4, -0.2) is 50.8 Å². The molecule has 0 spiro atoms. The lowest BCUT2D eigenvalue weighted by atomic mass is 9.64. The number of hydrogen-bond acceptors (Lipinski definition) is 7. The van der Waals surface area contributed by atoms with Gasteiger partial charge in [-0.2, -0.15) is 21.9 Å². The number of aryl methyl sites for hydroxylation is 1. The lowest BCUT2D eigenvalue weighted by Crippen LogP contribution is -2.74. The molecule has 5 N–H and O–H groups in total. The molecule has 1 aromatic heterocycles. The summed E-state index contributed by atoms with van der Waals surface area (Å²) in [6, 6.07) is 8.84. The van der Waals surface area contributed by atoms with Crippen molar-refractivity contribution in [3.05, 3.63) is 53.2 Å². The Morgan fingerprint density at radius 2 is 1.94 bits per heavy atom. The van der Waals surface area contributed by atoms with Gasteiger partial charge in [-0.25, -0.2) is 10.1 Å². The molecule has 2 aromatic rings. The van der Waals surface area contributed by atoms with Crippen molar-refractivity contribution in [1.82, 2.24) is 15.0 Å². The van der Waals surface area contributed by atoms with Crippen LogP contribution in [-0.2, 0) is 25.2 Å². The molecule has 1 aliphatic heterocycles. The van der Waals surface area contributed by atoms with Crippen molar-refractivity contribution in [2.45, 2.75) is 44.8 Å². The number of nitrogens with zero attached hydrogens (tertiary/aromatic N) is 1. The molecular formula is C22H27F2N5O5S. The molecule has 13 heteroatoms. The van der Waals surface area contributed by atoms with Gasteiger partial charge in [-0.05, 0) is 36.1 Å². The number of nitrogens with one attached hydrogen (secondary N) is 3. The van der Waals surface area contributed by atoms with Crippen LogP contribution in [0.1, 0.15) is 36.6 Å². The first-order chi connectivity index (χ1) is 16.3. The predicted octanol–water partition coefficient (Wildman–Crippen LogP) is 1.33. The molecule has 0 saturated carbocycles. The van der Waals surface area contributed by atoms with E-state index in [9.17, 15) is 26.8 Å². The normalized spacial score (nSPS) is 19.9. The van der Waals surface area contributed by atoms with Gasteiger partial charge in [0.05, 0.1) is 12.6 Å². The van der Waals surface area contributed by atoms with Crippen molar-refractivity contribution < 1.29 is 31.5 Å². The molecule has 2 atom stereocenters. The van der Waals surface area contributed by atoms with Gasteiger partial charge in [-0.1, -0.05) is 38.1 Å². The number of ketones is 1. The maximum Gasteiger partial charge on any atom is 0.388 e. The largest absolute Gasteiger partial charge is 0.415 e. The zero-order valence-corrected chi connectivity index (χ0v) is 20.2. The number of ether oxygens (including phenoxy) is 1. The number of Topliss-reactive ketones (excluding diaryl/α,β-unsaturated/α-hetero) is 1. The molecule has 2 unspecified atom stereocenters. The van der Waals surface area contributed by atoms with E-state index in [0.717, 1.165) is 5.56 Å². The van der Waals surface area contributed by atoms with Crippen molar-refractivity contribution in [2.75, 3.05) is 18.4 Å². The van der Waals surface area contributed by atoms with E-state index >= 15 is 0 Å². The molecule has 35 heavy (non-hydrogen) atoms. The first-order valence-corrected chi connectivity index (χ1v) is 12.3. The van der Waals surface area contributed by atoms with E-state index < -0.39 is 52.4 Å². The van der Waals surface area contributed by atoms with Crippen molar-refractivity contribution in [2.24, 2.45) is 5.14 Å². The molecule has 2 heterocycles. The summed E-state index contributed by atoms with van der Waals surface area (Å²) in [6.45, 7) is 1.66. The number of aromatic nitrogens is 1. The highest BCUT2D eigenvalue weighted by molar-refractivity contribution is 7.87. The van der Waals surface area contributed by atoms with Crippen LogP contribution in [0.4, 0.5) is 14.5 Å². The number of anilines is 1. The molecule has 1 saturated heterocycles. The molecule has 1 amide bonds. The van der Waals surface area contributed by atoms with Gasteiger partial charge in [0.25, 0.3) is 10.2 Å². The summed E-state index contributed by atoms with van der Waals surface area (Å²) < 4.78 is 54.9. The van der Waals surface area contributed by atoms with Gasteiger partial charge in [-0.3, -0.25) is 9.59 Å². The molecule has 1 aliphatic rings. The number of carbonyl (C=O) groups is 2.